The second-order valence-corrected chi connectivity index (χ2v) is 5.43. The van der Waals surface area contributed by atoms with Crippen molar-refractivity contribution in [1.29, 1.82) is 0 Å². The molecule has 1 aromatic carbocycles. The maximum Gasteiger partial charge on any atom is 0.331 e. The molecule has 0 aliphatic carbocycles. The number of hydrogen-bond acceptors (Lipinski definition) is 4. The Kier molecular flexibility index (Phi) is 4.65. The van der Waals surface area contributed by atoms with Gasteiger partial charge < -0.3 is 14.8 Å². The molecule has 20 heavy (non-hydrogen) atoms. The average Bonchev–Trinajstić information content (AvgIpc) is 2.39. The summed E-state index contributed by atoms with van der Waals surface area (Å²) in [6.45, 7) is 6.82. The van der Waals surface area contributed by atoms with Gasteiger partial charge in [-0.2, -0.15) is 0 Å². The summed E-state index contributed by atoms with van der Waals surface area (Å²) < 4.78 is 10.9. The van der Waals surface area contributed by atoms with E-state index in [-0.39, 0.29) is 12.1 Å². The molecule has 1 heterocycles. The quantitative estimate of drug-likeness (QED) is 0.860. The van der Waals surface area contributed by atoms with Gasteiger partial charge in [-0.05, 0) is 38.5 Å². The second kappa shape index (κ2) is 6.27. The third-order valence-electron chi connectivity index (χ3n) is 3.63. The molecule has 4 nitrogen and oxygen atoms in total. The Bertz CT molecular complexity index is 475. The van der Waals surface area contributed by atoms with Crippen LogP contribution in [0.5, 0.6) is 0 Å². The Balaban J connectivity index is 2.24. The van der Waals surface area contributed by atoms with Crippen LogP contribution < -0.4 is 5.32 Å². The fourth-order valence-corrected chi connectivity index (χ4v) is 2.70. The molecule has 0 spiro atoms. The lowest BCUT2D eigenvalue weighted by Crippen LogP contribution is -2.53. The van der Waals surface area contributed by atoms with Gasteiger partial charge in [0.2, 0.25) is 0 Å². The first-order valence-corrected chi connectivity index (χ1v) is 7.19. The molecular weight excluding hydrogens is 254 g/mol. The summed E-state index contributed by atoms with van der Waals surface area (Å²) >= 11 is 0. The number of nitrogens with one attached hydrogen (secondary N) is 1. The second-order valence-electron chi connectivity index (χ2n) is 5.43. The highest BCUT2D eigenvalue weighted by atomic mass is 16.5. The molecule has 1 fully saturated rings. The van der Waals surface area contributed by atoms with E-state index in [1.807, 2.05) is 45.0 Å². The van der Waals surface area contributed by atoms with E-state index in [4.69, 9.17) is 9.47 Å². The zero-order valence-electron chi connectivity index (χ0n) is 12.4. The lowest BCUT2D eigenvalue weighted by Gasteiger charge is -2.39. The van der Waals surface area contributed by atoms with Gasteiger partial charge in [-0.25, -0.2) is 4.79 Å². The van der Waals surface area contributed by atoms with Crippen molar-refractivity contribution >= 4 is 11.7 Å². The summed E-state index contributed by atoms with van der Waals surface area (Å²) in [4.78, 5) is 12.4. The summed E-state index contributed by atoms with van der Waals surface area (Å²) in [5.41, 5.74) is 1.43. The Hall–Kier alpha value is -1.55. The highest BCUT2D eigenvalue weighted by Crippen LogP contribution is 2.30. The zero-order chi connectivity index (χ0) is 14.6. The van der Waals surface area contributed by atoms with Crippen LogP contribution in [-0.4, -0.2) is 30.8 Å². The third kappa shape index (κ3) is 3.31. The number of rotatable bonds is 4. The van der Waals surface area contributed by atoms with E-state index >= 15 is 0 Å². The number of esters is 1. The molecule has 0 aromatic heterocycles. The molecule has 1 saturated heterocycles. The fraction of sp³-hybridized carbons (Fsp3) is 0.562. The van der Waals surface area contributed by atoms with Crippen LogP contribution in [0.2, 0.25) is 0 Å². The van der Waals surface area contributed by atoms with Crippen molar-refractivity contribution in [2.75, 3.05) is 18.5 Å². The molecule has 2 unspecified atom stereocenters. The number of anilines is 1. The van der Waals surface area contributed by atoms with Gasteiger partial charge in [-0.15, -0.1) is 0 Å². The lowest BCUT2D eigenvalue weighted by atomic mass is 9.86. The number of ether oxygens (including phenoxy) is 2. The third-order valence-corrected chi connectivity index (χ3v) is 3.63. The molecule has 0 radical (unpaired) electrons. The standard InChI is InChI=1S/C16H23NO3/c1-4-19-15(18)16(8-9-20-13(3)11-16)17-14-7-5-6-12(2)10-14/h5-7,10,13,17H,4,8-9,11H2,1-3H3. The first-order chi connectivity index (χ1) is 9.55. The van der Waals surface area contributed by atoms with Gasteiger partial charge in [0.25, 0.3) is 0 Å². The molecule has 0 amide bonds. The minimum Gasteiger partial charge on any atom is -0.464 e. The van der Waals surface area contributed by atoms with Crippen LogP contribution >= 0.6 is 0 Å². The summed E-state index contributed by atoms with van der Waals surface area (Å²) in [6, 6.07) is 8.04. The largest absolute Gasteiger partial charge is 0.464 e. The number of carbonyl (C=O) groups is 1. The van der Waals surface area contributed by atoms with Gasteiger partial charge in [0.15, 0.2) is 0 Å². The van der Waals surface area contributed by atoms with Crippen LogP contribution in [0.1, 0.15) is 32.3 Å². The van der Waals surface area contributed by atoms with Crippen LogP contribution in [0, 0.1) is 6.92 Å². The fourth-order valence-electron chi connectivity index (χ4n) is 2.70. The molecule has 2 rings (SSSR count). The van der Waals surface area contributed by atoms with Gasteiger partial charge in [0.05, 0.1) is 12.7 Å². The average molecular weight is 277 g/mol. The molecule has 2 atom stereocenters. The minimum absolute atomic E-state index is 0.0467. The highest BCUT2D eigenvalue weighted by Gasteiger charge is 2.43. The van der Waals surface area contributed by atoms with Crippen LogP contribution in [-0.2, 0) is 14.3 Å². The van der Waals surface area contributed by atoms with Gasteiger partial charge in [-0.3, -0.25) is 0 Å². The molecule has 1 aromatic rings. The molecule has 0 bridgehead atoms. The Labute approximate surface area is 120 Å². The van der Waals surface area contributed by atoms with E-state index in [0.717, 1.165) is 11.3 Å². The number of carbonyl (C=O) groups excluding carboxylic acids is 1. The van der Waals surface area contributed by atoms with Gasteiger partial charge in [-0.1, -0.05) is 12.1 Å². The molecule has 0 saturated carbocycles. The van der Waals surface area contributed by atoms with Crippen molar-refractivity contribution in [3.05, 3.63) is 29.8 Å². The van der Waals surface area contributed by atoms with E-state index in [9.17, 15) is 4.79 Å². The first-order valence-electron chi connectivity index (χ1n) is 7.19. The van der Waals surface area contributed by atoms with Crippen LogP contribution in [0.15, 0.2) is 24.3 Å². The Morgan fingerprint density at radius 2 is 2.35 bits per heavy atom. The van der Waals surface area contributed by atoms with Crippen molar-refractivity contribution in [2.24, 2.45) is 0 Å². The number of benzene rings is 1. The van der Waals surface area contributed by atoms with Gasteiger partial charge >= 0.3 is 5.97 Å². The van der Waals surface area contributed by atoms with E-state index in [1.54, 1.807) is 0 Å². The topological polar surface area (TPSA) is 47.6 Å². The number of aryl methyl sites for hydroxylation is 1. The molecule has 4 heteroatoms. The molecule has 1 aliphatic rings. The number of hydrogen-bond donors (Lipinski definition) is 1. The van der Waals surface area contributed by atoms with Crippen LogP contribution in [0.3, 0.4) is 0 Å². The van der Waals surface area contributed by atoms with Crippen molar-refractivity contribution in [1.82, 2.24) is 0 Å². The summed E-state index contributed by atoms with van der Waals surface area (Å²) in [5.74, 6) is -0.184. The molecular formula is C16H23NO3. The molecule has 1 aliphatic heterocycles. The van der Waals surface area contributed by atoms with Crippen molar-refractivity contribution < 1.29 is 14.3 Å². The zero-order valence-corrected chi connectivity index (χ0v) is 12.4. The van der Waals surface area contributed by atoms with Crippen LogP contribution in [0.4, 0.5) is 5.69 Å². The predicted molar refractivity (Wildman–Crippen MR) is 78.8 cm³/mol. The summed E-state index contributed by atoms with van der Waals surface area (Å²) in [5, 5.41) is 3.40. The smallest absolute Gasteiger partial charge is 0.331 e. The van der Waals surface area contributed by atoms with E-state index in [2.05, 4.69) is 5.32 Å². The normalized spacial score (nSPS) is 26.1. The van der Waals surface area contributed by atoms with E-state index in [1.165, 1.54) is 0 Å². The van der Waals surface area contributed by atoms with Crippen molar-refractivity contribution in [3.8, 4) is 0 Å². The summed E-state index contributed by atoms with van der Waals surface area (Å²) in [6.07, 6.45) is 1.30. The van der Waals surface area contributed by atoms with E-state index < -0.39 is 5.54 Å². The Morgan fingerprint density at radius 1 is 1.55 bits per heavy atom. The van der Waals surface area contributed by atoms with Crippen molar-refractivity contribution in [2.45, 2.75) is 45.3 Å². The van der Waals surface area contributed by atoms with Crippen molar-refractivity contribution in [3.63, 3.8) is 0 Å². The monoisotopic (exact) mass is 277 g/mol. The highest BCUT2D eigenvalue weighted by molar-refractivity contribution is 5.85. The Morgan fingerprint density at radius 3 is 3.00 bits per heavy atom. The van der Waals surface area contributed by atoms with Crippen LogP contribution in [0.25, 0.3) is 0 Å². The predicted octanol–water partition coefficient (Wildman–Crippen LogP) is 2.91. The first kappa shape index (κ1) is 14.9. The van der Waals surface area contributed by atoms with Gasteiger partial charge in [0.1, 0.15) is 5.54 Å². The molecule has 110 valence electrons. The lowest BCUT2D eigenvalue weighted by molar-refractivity contribution is -0.153. The SMILES string of the molecule is CCOC(=O)C1(Nc2cccc(C)c2)CCOC(C)C1. The van der Waals surface area contributed by atoms with E-state index in [0.29, 0.717) is 26.1 Å². The molecule has 1 N–H and O–H groups in total. The van der Waals surface area contributed by atoms with Gasteiger partial charge in [0, 0.05) is 25.1 Å². The minimum atomic E-state index is -0.679. The summed E-state index contributed by atoms with van der Waals surface area (Å²) in [7, 11) is 0. The maximum atomic E-state index is 12.4. The maximum absolute atomic E-state index is 12.4.